The summed E-state index contributed by atoms with van der Waals surface area (Å²) in [5.41, 5.74) is 16.9. The van der Waals surface area contributed by atoms with Gasteiger partial charge >= 0.3 is 17.1 Å². The summed E-state index contributed by atoms with van der Waals surface area (Å²) < 4.78 is 0. The van der Waals surface area contributed by atoms with Crippen molar-refractivity contribution in [2.45, 2.75) is 59.3 Å². The summed E-state index contributed by atoms with van der Waals surface area (Å²) >= 11 is 0. The number of nitrogens with zero attached hydrogens (tertiary/aromatic N) is 9. The molecule has 9 heterocycles. The van der Waals surface area contributed by atoms with Gasteiger partial charge in [0.2, 0.25) is 0 Å². The molecule has 0 atom stereocenters. The van der Waals surface area contributed by atoms with Gasteiger partial charge in [0, 0.05) is 74.4 Å². The zero-order valence-corrected chi connectivity index (χ0v) is 37.5. The molecule has 0 saturated carbocycles. The fraction of sp³-hybridized carbons (Fsp3) is 0.167. The second-order valence-corrected chi connectivity index (χ2v) is 15.4. The third kappa shape index (κ3) is 14.8. The SMILES string of the molecule is Cc1ccnc(-c2cc(CCc3ccncc3)ccn2)c1.Cc1ccnc(-c2cc(CCc3ccncc3)ccn2)c1.Cc1ccnc(-c2cc(CCc3ccncc3)ccn2)c1.[Fe+3]. The molecule has 0 aliphatic rings. The molecule has 0 unspecified atom stereocenters. The Bertz CT molecular complexity index is 2480. The molecular formula is C54H51FeN9+3. The number of hydrogen-bond acceptors (Lipinski definition) is 9. The van der Waals surface area contributed by atoms with E-state index in [0.717, 1.165) is 72.7 Å². The van der Waals surface area contributed by atoms with Crippen LogP contribution >= 0.6 is 0 Å². The van der Waals surface area contributed by atoms with Crippen LogP contribution in [-0.2, 0) is 55.6 Å². The van der Waals surface area contributed by atoms with E-state index in [4.69, 9.17) is 0 Å². The molecule has 9 rings (SSSR count). The predicted molar refractivity (Wildman–Crippen MR) is 252 cm³/mol. The van der Waals surface area contributed by atoms with Crippen molar-refractivity contribution in [3.8, 4) is 34.2 Å². The summed E-state index contributed by atoms with van der Waals surface area (Å²) in [5.74, 6) is 0. The smallest absolute Gasteiger partial charge is 0.265 e. The van der Waals surface area contributed by atoms with Gasteiger partial charge in [-0.2, -0.15) is 0 Å². The van der Waals surface area contributed by atoms with Crippen LogP contribution in [0.5, 0.6) is 0 Å². The number of aromatic nitrogens is 9. The average molecular weight is 882 g/mol. The zero-order chi connectivity index (χ0) is 43.5. The topological polar surface area (TPSA) is 116 Å². The van der Waals surface area contributed by atoms with E-state index in [0.29, 0.717) is 0 Å². The van der Waals surface area contributed by atoms with Crippen molar-refractivity contribution in [1.82, 2.24) is 44.9 Å². The molecule has 0 N–H and O–H groups in total. The maximum atomic E-state index is 4.43. The third-order valence-electron chi connectivity index (χ3n) is 10.4. The van der Waals surface area contributed by atoms with Gasteiger partial charge in [-0.05, 0) is 219 Å². The Morgan fingerprint density at radius 3 is 0.703 bits per heavy atom. The normalized spacial score (nSPS) is 10.4. The molecule has 1 radical (unpaired) electrons. The van der Waals surface area contributed by atoms with Crippen LogP contribution in [0, 0.1) is 20.8 Å². The summed E-state index contributed by atoms with van der Waals surface area (Å²) in [6.45, 7) is 6.20. The van der Waals surface area contributed by atoms with Gasteiger partial charge in [0.05, 0.1) is 34.2 Å². The summed E-state index contributed by atoms with van der Waals surface area (Å²) in [7, 11) is 0. The molecule has 10 heteroatoms. The van der Waals surface area contributed by atoms with E-state index in [-0.39, 0.29) is 17.1 Å². The first-order valence-electron chi connectivity index (χ1n) is 21.2. The second-order valence-electron chi connectivity index (χ2n) is 15.4. The first-order chi connectivity index (χ1) is 30.9. The molecule has 0 amide bonds. The maximum absolute atomic E-state index is 4.43. The van der Waals surface area contributed by atoms with Gasteiger partial charge in [-0.15, -0.1) is 0 Å². The minimum atomic E-state index is 0. The van der Waals surface area contributed by atoms with Gasteiger partial charge in [-0.3, -0.25) is 44.9 Å². The molecule has 0 aliphatic carbocycles. The number of rotatable bonds is 12. The largest absolute Gasteiger partial charge is 3.00 e. The molecule has 0 bridgehead atoms. The first-order valence-corrected chi connectivity index (χ1v) is 21.2. The van der Waals surface area contributed by atoms with Crippen molar-refractivity contribution in [3.05, 3.63) is 234 Å². The van der Waals surface area contributed by atoms with Gasteiger partial charge in [-0.25, -0.2) is 0 Å². The Morgan fingerprint density at radius 2 is 0.453 bits per heavy atom. The molecule has 0 aliphatic heterocycles. The van der Waals surface area contributed by atoms with E-state index >= 15 is 0 Å². The number of aryl methyl sites for hydroxylation is 9. The molecular weight excluding hydrogens is 831 g/mol. The number of pyridine rings is 9. The molecule has 0 fully saturated rings. The summed E-state index contributed by atoms with van der Waals surface area (Å²) in [5, 5.41) is 0. The minimum Gasteiger partial charge on any atom is -0.265 e. The van der Waals surface area contributed by atoms with Crippen LogP contribution in [0.3, 0.4) is 0 Å². The van der Waals surface area contributed by atoms with Crippen LogP contribution in [-0.4, -0.2) is 44.9 Å². The minimum absolute atomic E-state index is 0. The van der Waals surface area contributed by atoms with E-state index in [1.807, 2.05) is 92.6 Å². The second kappa shape index (κ2) is 24.5. The Balaban J connectivity index is 0.000000158. The first kappa shape index (κ1) is 46.4. The zero-order valence-electron chi connectivity index (χ0n) is 36.4. The molecule has 64 heavy (non-hydrogen) atoms. The Hall–Kier alpha value is -7.13. The molecule has 9 aromatic heterocycles. The standard InChI is InChI=1S/3C18H17N3.Fe/c3*1-14-4-10-20-17(12-14)18-13-16(7-11-21-18)3-2-15-5-8-19-9-6-15;/h3*4-13H,2-3H2,1H3;/q;;;+3. The molecule has 317 valence electrons. The Labute approximate surface area is 387 Å². The average Bonchev–Trinajstić information content (AvgIpc) is 3.34. The molecule has 0 spiro atoms. The predicted octanol–water partition coefficient (Wildman–Crippen LogP) is 10.9. The monoisotopic (exact) mass is 881 g/mol. The summed E-state index contributed by atoms with van der Waals surface area (Å²) in [6, 6.07) is 37.1. The molecule has 9 nitrogen and oxygen atoms in total. The van der Waals surface area contributed by atoms with Crippen molar-refractivity contribution >= 4 is 0 Å². The summed E-state index contributed by atoms with van der Waals surface area (Å²) in [6.07, 6.45) is 28.1. The van der Waals surface area contributed by atoms with E-state index < -0.39 is 0 Å². The molecule has 0 saturated heterocycles. The van der Waals surface area contributed by atoms with Crippen LogP contribution in [0.2, 0.25) is 0 Å². The molecule has 0 aromatic carbocycles. The van der Waals surface area contributed by atoms with Crippen LogP contribution in [0.1, 0.15) is 50.1 Å². The van der Waals surface area contributed by atoms with E-state index in [2.05, 4.69) is 157 Å². The number of hydrogen-bond donors (Lipinski definition) is 0. The van der Waals surface area contributed by atoms with E-state index in [1.54, 1.807) is 0 Å². The van der Waals surface area contributed by atoms with Gasteiger partial charge in [0.25, 0.3) is 0 Å². The van der Waals surface area contributed by atoms with Gasteiger partial charge in [-0.1, -0.05) is 0 Å². The Morgan fingerprint density at radius 1 is 0.250 bits per heavy atom. The quantitative estimate of drug-likeness (QED) is 0.111. The van der Waals surface area contributed by atoms with Crippen molar-refractivity contribution in [3.63, 3.8) is 0 Å². The fourth-order valence-electron chi connectivity index (χ4n) is 6.85. The van der Waals surface area contributed by atoms with E-state index in [1.165, 1.54) is 50.1 Å². The van der Waals surface area contributed by atoms with Crippen molar-refractivity contribution in [2.75, 3.05) is 0 Å². The molecule has 9 aromatic rings. The van der Waals surface area contributed by atoms with Crippen molar-refractivity contribution < 1.29 is 17.1 Å². The summed E-state index contributed by atoms with van der Waals surface area (Å²) in [4.78, 5) is 38.6. The van der Waals surface area contributed by atoms with Crippen LogP contribution in [0.15, 0.2) is 184 Å². The van der Waals surface area contributed by atoms with Crippen LogP contribution in [0.4, 0.5) is 0 Å². The van der Waals surface area contributed by atoms with Crippen molar-refractivity contribution in [2.24, 2.45) is 0 Å². The van der Waals surface area contributed by atoms with Crippen LogP contribution in [0.25, 0.3) is 34.2 Å². The van der Waals surface area contributed by atoms with Gasteiger partial charge in [0.15, 0.2) is 0 Å². The van der Waals surface area contributed by atoms with Crippen LogP contribution < -0.4 is 0 Å². The van der Waals surface area contributed by atoms with Crippen molar-refractivity contribution in [1.29, 1.82) is 0 Å². The van der Waals surface area contributed by atoms with E-state index in [9.17, 15) is 0 Å². The maximum Gasteiger partial charge on any atom is 3.00 e. The fourth-order valence-corrected chi connectivity index (χ4v) is 6.85. The van der Waals surface area contributed by atoms with Gasteiger partial charge in [0.1, 0.15) is 0 Å². The third-order valence-corrected chi connectivity index (χ3v) is 10.4. The van der Waals surface area contributed by atoms with Gasteiger partial charge < -0.3 is 0 Å². The Kier molecular flexibility index (Phi) is 17.7.